The van der Waals surface area contributed by atoms with Gasteiger partial charge >= 0.3 is 0 Å². The van der Waals surface area contributed by atoms with Crippen LogP contribution in [0, 0.1) is 0 Å². The maximum absolute atomic E-state index is 13.9. The van der Waals surface area contributed by atoms with Gasteiger partial charge in [0.1, 0.15) is 19.0 Å². The first-order valence-corrected chi connectivity index (χ1v) is 14.5. The summed E-state index contributed by atoms with van der Waals surface area (Å²) in [7, 11) is -1.87. The molecule has 1 saturated carbocycles. The van der Waals surface area contributed by atoms with E-state index < -0.39 is 15.4 Å². The minimum Gasteiger partial charge on any atom is -0.490 e. The van der Waals surface area contributed by atoms with Crippen molar-refractivity contribution < 1.29 is 27.4 Å². The molecule has 9 nitrogen and oxygen atoms in total. The molecule has 3 aliphatic heterocycles. The smallest absolute Gasteiger partial charge is 0.243 e. The van der Waals surface area contributed by atoms with Gasteiger partial charge < -0.3 is 24.4 Å². The van der Waals surface area contributed by atoms with Crippen LogP contribution in [0.25, 0.3) is 0 Å². The lowest BCUT2D eigenvalue weighted by Gasteiger charge is -2.34. The topological polar surface area (TPSA) is 97.4 Å². The molecule has 202 valence electrons. The summed E-state index contributed by atoms with van der Waals surface area (Å²) in [6.07, 6.45) is 2.43. The molecule has 1 fully saturated rings. The van der Waals surface area contributed by atoms with Crippen LogP contribution < -0.4 is 19.5 Å². The summed E-state index contributed by atoms with van der Waals surface area (Å²) in [4.78, 5) is 16.0. The zero-order valence-electron chi connectivity index (χ0n) is 21.7. The Morgan fingerprint density at radius 3 is 2.42 bits per heavy atom. The molecular weight excluding hydrogens is 506 g/mol. The molecule has 10 heteroatoms. The Kier molecular flexibility index (Phi) is 6.36. The zero-order chi connectivity index (χ0) is 26.5. The van der Waals surface area contributed by atoms with Crippen LogP contribution >= 0.6 is 0 Å². The molecule has 1 atom stereocenters. The number of hydrogen-bond donors (Lipinski definition) is 1. The molecule has 0 saturated heterocycles. The summed E-state index contributed by atoms with van der Waals surface area (Å²) in [5, 5.41) is 3.19. The Bertz CT molecular complexity index is 1390. The number of likely N-dealkylation sites (N-methyl/N-ethyl adjacent to an activating group) is 1. The fourth-order valence-corrected chi connectivity index (χ4v) is 6.93. The maximum Gasteiger partial charge on any atom is 0.243 e. The van der Waals surface area contributed by atoms with Gasteiger partial charge in [-0.2, -0.15) is 4.31 Å². The van der Waals surface area contributed by atoms with Crippen LogP contribution in [0.3, 0.4) is 0 Å². The summed E-state index contributed by atoms with van der Waals surface area (Å²) >= 11 is 0. The Labute approximate surface area is 223 Å². The fraction of sp³-hybridized carbons (Fsp3) is 0.464. The number of amides is 1. The van der Waals surface area contributed by atoms with Crippen molar-refractivity contribution in [3.05, 3.63) is 59.2 Å². The van der Waals surface area contributed by atoms with Crippen LogP contribution in [-0.2, 0) is 20.2 Å². The maximum atomic E-state index is 13.9. The van der Waals surface area contributed by atoms with Crippen molar-refractivity contribution in [3.8, 4) is 17.2 Å². The van der Waals surface area contributed by atoms with E-state index in [1.807, 2.05) is 43.1 Å². The van der Waals surface area contributed by atoms with E-state index in [1.165, 1.54) is 10.4 Å². The summed E-state index contributed by atoms with van der Waals surface area (Å²) < 4.78 is 45.4. The summed E-state index contributed by atoms with van der Waals surface area (Å²) in [5.41, 5.74) is 2.12. The molecule has 3 heterocycles. The van der Waals surface area contributed by atoms with Crippen LogP contribution in [0.1, 0.15) is 25.3 Å². The third-order valence-corrected chi connectivity index (χ3v) is 9.52. The largest absolute Gasteiger partial charge is 0.490 e. The molecular formula is C28H33N3O6S. The third kappa shape index (κ3) is 4.54. The number of nitrogens with one attached hydrogen (secondary N) is 1. The summed E-state index contributed by atoms with van der Waals surface area (Å²) in [6, 6.07) is 12.6. The minimum absolute atomic E-state index is 0.0195. The molecule has 1 aliphatic carbocycles. The summed E-state index contributed by atoms with van der Waals surface area (Å²) in [5.74, 6) is 1.82. The predicted octanol–water partition coefficient (Wildman–Crippen LogP) is 2.32. The molecule has 0 aromatic heterocycles. The first-order chi connectivity index (χ1) is 18.3. The lowest BCUT2D eigenvalue weighted by Crippen LogP contribution is -2.50. The van der Waals surface area contributed by atoms with Crippen molar-refractivity contribution in [2.24, 2.45) is 0 Å². The molecule has 38 heavy (non-hydrogen) atoms. The highest BCUT2D eigenvalue weighted by Gasteiger charge is 2.43. The van der Waals surface area contributed by atoms with Gasteiger partial charge in [0.05, 0.1) is 16.4 Å². The van der Waals surface area contributed by atoms with Gasteiger partial charge in [-0.1, -0.05) is 12.1 Å². The molecule has 2 aromatic carbocycles. The molecule has 1 unspecified atom stereocenters. The van der Waals surface area contributed by atoms with Crippen molar-refractivity contribution in [1.29, 1.82) is 0 Å². The van der Waals surface area contributed by atoms with Gasteiger partial charge in [-0.3, -0.25) is 4.79 Å². The molecule has 1 amide bonds. The highest BCUT2D eigenvalue weighted by molar-refractivity contribution is 7.89. The van der Waals surface area contributed by atoms with Crippen molar-refractivity contribution in [2.45, 2.75) is 36.2 Å². The number of ether oxygens (including phenoxy) is 3. The molecule has 0 radical (unpaired) electrons. The molecule has 2 aromatic rings. The van der Waals surface area contributed by atoms with Gasteiger partial charge in [-0.05, 0) is 67.8 Å². The lowest BCUT2D eigenvalue weighted by atomic mass is 9.80. The van der Waals surface area contributed by atoms with Crippen LogP contribution in [0.4, 0.5) is 0 Å². The minimum atomic E-state index is -3.71. The number of nitrogens with zero attached hydrogens (tertiary/aromatic N) is 2. The Morgan fingerprint density at radius 2 is 1.74 bits per heavy atom. The second kappa shape index (κ2) is 9.59. The Balaban J connectivity index is 1.15. The second-order valence-corrected chi connectivity index (χ2v) is 12.6. The van der Waals surface area contributed by atoms with E-state index in [9.17, 15) is 13.2 Å². The van der Waals surface area contributed by atoms with Crippen molar-refractivity contribution in [2.75, 3.05) is 53.0 Å². The van der Waals surface area contributed by atoms with Crippen LogP contribution in [0.5, 0.6) is 17.2 Å². The van der Waals surface area contributed by atoms with Gasteiger partial charge in [-0.25, -0.2) is 8.42 Å². The van der Waals surface area contributed by atoms with Gasteiger partial charge in [0, 0.05) is 38.8 Å². The lowest BCUT2D eigenvalue weighted by molar-refractivity contribution is -0.135. The second-order valence-electron chi connectivity index (χ2n) is 10.7. The number of rotatable bonds is 8. The van der Waals surface area contributed by atoms with Gasteiger partial charge in [-0.15, -0.1) is 0 Å². The van der Waals surface area contributed by atoms with E-state index in [1.54, 1.807) is 12.1 Å². The quantitative estimate of drug-likeness (QED) is 0.515. The molecule has 4 aliphatic rings. The van der Waals surface area contributed by atoms with E-state index >= 15 is 0 Å². The predicted molar refractivity (Wildman–Crippen MR) is 141 cm³/mol. The van der Waals surface area contributed by atoms with Crippen molar-refractivity contribution >= 4 is 15.9 Å². The van der Waals surface area contributed by atoms with E-state index in [4.69, 9.17) is 14.2 Å². The van der Waals surface area contributed by atoms with E-state index in [0.29, 0.717) is 44.3 Å². The van der Waals surface area contributed by atoms with Crippen LogP contribution in [-0.4, -0.2) is 82.6 Å². The molecule has 6 rings (SSSR count). The highest BCUT2D eigenvalue weighted by Crippen LogP contribution is 2.37. The molecule has 1 N–H and O–H groups in total. The third-order valence-electron chi connectivity index (χ3n) is 7.74. The number of hydrogen-bond acceptors (Lipinski definition) is 7. The Morgan fingerprint density at radius 1 is 1.03 bits per heavy atom. The van der Waals surface area contributed by atoms with Crippen LogP contribution in [0.15, 0.2) is 58.5 Å². The standard InChI is InChI=1S/C28H33N3O6S/c1-28(18-29-2,21-4-3-5-23(12-21)37-22-6-7-22)27(32)30-14-19-16-31(17-20(19)15-30)38(33,34)24-8-9-25-26(13-24)36-11-10-35-25/h3-5,8-9,12-13,22,29H,6-7,10-11,14-18H2,1-2H3. The number of benzene rings is 2. The highest BCUT2D eigenvalue weighted by atomic mass is 32.2. The average molecular weight is 540 g/mol. The molecule has 0 bridgehead atoms. The monoisotopic (exact) mass is 539 g/mol. The van der Waals surface area contributed by atoms with E-state index in [-0.39, 0.29) is 30.0 Å². The van der Waals surface area contributed by atoms with Gasteiger partial charge in [0.2, 0.25) is 15.9 Å². The number of fused-ring (bicyclic) bond motifs is 1. The normalized spacial score (nSPS) is 20.8. The summed E-state index contributed by atoms with van der Waals surface area (Å²) in [6.45, 7) is 4.70. The zero-order valence-corrected chi connectivity index (χ0v) is 22.6. The first-order valence-electron chi connectivity index (χ1n) is 13.1. The number of carbonyl (C=O) groups is 1. The van der Waals surface area contributed by atoms with Crippen LogP contribution in [0.2, 0.25) is 0 Å². The number of carbonyl (C=O) groups excluding carboxylic acids is 1. The number of sulfonamides is 1. The van der Waals surface area contributed by atoms with E-state index in [2.05, 4.69) is 5.32 Å². The van der Waals surface area contributed by atoms with Crippen molar-refractivity contribution in [1.82, 2.24) is 14.5 Å². The van der Waals surface area contributed by atoms with Crippen molar-refractivity contribution in [3.63, 3.8) is 0 Å². The molecule has 0 spiro atoms. The van der Waals surface area contributed by atoms with Gasteiger partial charge in [0.15, 0.2) is 11.5 Å². The average Bonchev–Trinajstić information content (AvgIpc) is 3.49. The van der Waals surface area contributed by atoms with Gasteiger partial charge in [0.25, 0.3) is 0 Å². The fourth-order valence-electron chi connectivity index (χ4n) is 5.49. The van der Waals surface area contributed by atoms with E-state index in [0.717, 1.165) is 35.3 Å². The SMILES string of the molecule is CNCC(C)(C(=O)N1CC2=C(C1)CN(S(=O)(=O)c1ccc3c(c1)OCCO3)C2)c1cccc(OC2CC2)c1. The first kappa shape index (κ1) is 25.2. The Hall–Kier alpha value is -3.08.